The quantitative estimate of drug-likeness (QED) is 0.453. The van der Waals surface area contributed by atoms with Crippen LogP contribution in [0.25, 0.3) is 10.2 Å². The zero-order valence-electron chi connectivity index (χ0n) is 5.48. The van der Waals surface area contributed by atoms with Gasteiger partial charge in [-0.1, -0.05) is 4.49 Å². The molecule has 11 heavy (non-hydrogen) atoms. The zero-order chi connectivity index (χ0) is 7.84. The molecule has 0 atom stereocenters. The summed E-state index contributed by atoms with van der Waals surface area (Å²) >= 11 is 1.23. The number of fused-ring (bicyclic) bond motifs is 1. The molecule has 3 N–H and O–H groups in total. The maximum Gasteiger partial charge on any atom is 0.140 e. The fourth-order valence-electron chi connectivity index (χ4n) is 0.833. The molecule has 0 fully saturated rings. The van der Waals surface area contributed by atoms with Gasteiger partial charge in [0.1, 0.15) is 11.3 Å². The molecular formula is C6H5N3OS. The number of nitrogens with two attached hydrogens (primary N) is 1. The van der Waals surface area contributed by atoms with Crippen LogP contribution >= 0.6 is 11.5 Å². The highest BCUT2D eigenvalue weighted by atomic mass is 32.1. The topological polar surface area (TPSA) is 72.0 Å². The third-order valence-corrected chi connectivity index (χ3v) is 2.08. The Balaban J connectivity index is 2.86. The van der Waals surface area contributed by atoms with Gasteiger partial charge in [-0.05, 0) is 17.6 Å². The number of benzene rings is 1. The van der Waals surface area contributed by atoms with Crippen molar-refractivity contribution in [2.45, 2.75) is 0 Å². The summed E-state index contributed by atoms with van der Waals surface area (Å²) in [6, 6.07) is 3.17. The van der Waals surface area contributed by atoms with Gasteiger partial charge in [0.05, 0.1) is 10.4 Å². The summed E-state index contributed by atoms with van der Waals surface area (Å²) in [7, 11) is 0. The summed E-state index contributed by atoms with van der Waals surface area (Å²) in [5.74, 6) is 0.0866. The molecule has 0 aliphatic rings. The first kappa shape index (κ1) is 6.36. The van der Waals surface area contributed by atoms with E-state index in [0.717, 1.165) is 10.2 Å². The number of rotatable bonds is 0. The average Bonchev–Trinajstić information content (AvgIpc) is 2.36. The fourth-order valence-corrected chi connectivity index (χ4v) is 1.41. The van der Waals surface area contributed by atoms with E-state index in [4.69, 9.17) is 10.8 Å². The largest absolute Gasteiger partial charge is 0.506 e. The average molecular weight is 167 g/mol. The fraction of sp³-hybridized carbons (Fsp3) is 0. The van der Waals surface area contributed by atoms with Gasteiger partial charge in [0.2, 0.25) is 0 Å². The highest BCUT2D eigenvalue weighted by Crippen LogP contribution is 2.26. The van der Waals surface area contributed by atoms with Crippen LogP contribution in [0.15, 0.2) is 12.1 Å². The van der Waals surface area contributed by atoms with E-state index >= 15 is 0 Å². The molecule has 0 spiro atoms. The summed E-state index contributed by atoms with van der Waals surface area (Å²) in [4.78, 5) is 0. The lowest BCUT2D eigenvalue weighted by Crippen LogP contribution is -1.84. The van der Waals surface area contributed by atoms with E-state index < -0.39 is 0 Å². The van der Waals surface area contributed by atoms with Gasteiger partial charge in [0, 0.05) is 6.07 Å². The minimum absolute atomic E-state index is 0.0866. The summed E-state index contributed by atoms with van der Waals surface area (Å²) in [6.45, 7) is 0. The molecule has 0 bridgehead atoms. The van der Waals surface area contributed by atoms with Crippen LogP contribution in [0.1, 0.15) is 0 Å². The number of phenolic OH excluding ortho intramolecular Hbond substituents is 1. The molecule has 0 saturated heterocycles. The van der Waals surface area contributed by atoms with Crippen LogP contribution in [0, 0.1) is 0 Å². The van der Waals surface area contributed by atoms with Gasteiger partial charge >= 0.3 is 0 Å². The highest BCUT2D eigenvalue weighted by molar-refractivity contribution is 7.12. The number of aromatic nitrogens is 2. The van der Waals surface area contributed by atoms with Crippen molar-refractivity contribution in [3.8, 4) is 5.75 Å². The van der Waals surface area contributed by atoms with Gasteiger partial charge in [0.15, 0.2) is 0 Å². The molecule has 0 unspecified atom stereocenters. The third-order valence-electron chi connectivity index (χ3n) is 1.40. The second-order valence-electron chi connectivity index (χ2n) is 2.15. The Bertz CT molecular complexity index is 362. The number of hydrogen-bond acceptors (Lipinski definition) is 5. The first-order chi connectivity index (χ1) is 5.27. The van der Waals surface area contributed by atoms with Crippen molar-refractivity contribution in [1.82, 2.24) is 9.59 Å². The van der Waals surface area contributed by atoms with Crippen molar-refractivity contribution in [2.75, 3.05) is 5.73 Å². The van der Waals surface area contributed by atoms with Gasteiger partial charge in [-0.3, -0.25) is 0 Å². The van der Waals surface area contributed by atoms with Crippen LogP contribution in [0.2, 0.25) is 0 Å². The summed E-state index contributed by atoms with van der Waals surface area (Å²) in [5.41, 5.74) is 6.50. The number of phenols is 1. The van der Waals surface area contributed by atoms with Crippen molar-refractivity contribution < 1.29 is 5.11 Å². The standard InChI is InChI=1S/C6H5N3OS/c7-3-1-4-6(2-5(3)10)11-9-8-4/h1-2,10H,7H2. The van der Waals surface area contributed by atoms with Gasteiger partial charge in [0.25, 0.3) is 0 Å². The van der Waals surface area contributed by atoms with E-state index in [9.17, 15) is 0 Å². The van der Waals surface area contributed by atoms with Crippen LogP contribution in [0.4, 0.5) is 5.69 Å². The molecular weight excluding hydrogens is 162 g/mol. The Morgan fingerprint density at radius 1 is 1.45 bits per heavy atom. The Morgan fingerprint density at radius 2 is 2.27 bits per heavy atom. The normalized spacial score (nSPS) is 10.5. The van der Waals surface area contributed by atoms with Crippen LogP contribution in [-0.4, -0.2) is 14.7 Å². The smallest absolute Gasteiger partial charge is 0.140 e. The molecule has 0 aliphatic carbocycles. The van der Waals surface area contributed by atoms with Crippen LogP contribution in [-0.2, 0) is 0 Å². The Kier molecular flexibility index (Phi) is 1.19. The van der Waals surface area contributed by atoms with E-state index in [1.54, 1.807) is 12.1 Å². The molecule has 2 aromatic rings. The van der Waals surface area contributed by atoms with E-state index in [1.807, 2.05) is 0 Å². The molecule has 5 heteroatoms. The van der Waals surface area contributed by atoms with Gasteiger partial charge in [-0.25, -0.2) is 0 Å². The van der Waals surface area contributed by atoms with Crippen LogP contribution < -0.4 is 5.73 Å². The molecule has 0 amide bonds. The molecule has 2 rings (SSSR count). The lowest BCUT2D eigenvalue weighted by molar-refractivity contribution is 0.479. The van der Waals surface area contributed by atoms with Crippen molar-refractivity contribution in [2.24, 2.45) is 0 Å². The Labute approximate surface area is 66.4 Å². The van der Waals surface area contributed by atoms with Gasteiger partial charge in [-0.2, -0.15) is 0 Å². The molecule has 0 saturated carbocycles. The summed E-state index contributed by atoms with van der Waals surface area (Å²) < 4.78 is 4.55. The predicted octanol–water partition coefficient (Wildman–Crippen LogP) is 0.979. The van der Waals surface area contributed by atoms with Gasteiger partial charge < -0.3 is 10.8 Å². The number of nitrogen functional groups attached to an aromatic ring is 1. The van der Waals surface area contributed by atoms with Crippen LogP contribution in [0.5, 0.6) is 5.75 Å². The zero-order valence-corrected chi connectivity index (χ0v) is 6.30. The second kappa shape index (κ2) is 2.06. The number of hydrogen-bond donors (Lipinski definition) is 2. The molecule has 56 valence electrons. The third kappa shape index (κ3) is 0.894. The molecule has 1 aromatic carbocycles. The summed E-state index contributed by atoms with van der Waals surface area (Å²) in [5, 5.41) is 13.0. The minimum atomic E-state index is 0.0866. The second-order valence-corrected chi connectivity index (χ2v) is 2.94. The minimum Gasteiger partial charge on any atom is -0.506 e. The van der Waals surface area contributed by atoms with Gasteiger partial charge in [-0.15, -0.1) is 5.10 Å². The van der Waals surface area contributed by atoms with Crippen molar-refractivity contribution in [3.63, 3.8) is 0 Å². The summed E-state index contributed by atoms with van der Waals surface area (Å²) in [6.07, 6.45) is 0. The van der Waals surface area contributed by atoms with Crippen molar-refractivity contribution in [3.05, 3.63) is 12.1 Å². The first-order valence-electron chi connectivity index (χ1n) is 2.98. The first-order valence-corrected chi connectivity index (χ1v) is 3.75. The molecule has 1 heterocycles. The van der Waals surface area contributed by atoms with E-state index in [0.29, 0.717) is 5.69 Å². The van der Waals surface area contributed by atoms with E-state index in [-0.39, 0.29) is 5.75 Å². The molecule has 1 aromatic heterocycles. The maximum atomic E-state index is 9.16. The highest BCUT2D eigenvalue weighted by Gasteiger charge is 2.02. The molecule has 0 aliphatic heterocycles. The SMILES string of the molecule is Nc1cc2nnsc2cc1O. The van der Waals surface area contributed by atoms with Crippen molar-refractivity contribution in [1.29, 1.82) is 0 Å². The molecule has 4 nitrogen and oxygen atoms in total. The van der Waals surface area contributed by atoms with Crippen LogP contribution in [0.3, 0.4) is 0 Å². The van der Waals surface area contributed by atoms with Crippen molar-refractivity contribution >= 4 is 27.4 Å². The lowest BCUT2D eigenvalue weighted by atomic mass is 10.3. The predicted molar refractivity (Wildman–Crippen MR) is 43.5 cm³/mol. The number of anilines is 1. The monoisotopic (exact) mass is 167 g/mol. The molecule has 0 radical (unpaired) electrons. The van der Waals surface area contributed by atoms with E-state index in [2.05, 4.69) is 9.59 Å². The maximum absolute atomic E-state index is 9.16. The Morgan fingerprint density at radius 3 is 3.09 bits per heavy atom. The number of nitrogens with zero attached hydrogens (tertiary/aromatic N) is 2. The van der Waals surface area contributed by atoms with E-state index in [1.165, 1.54) is 11.5 Å². The lowest BCUT2D eigenvalue weighted by Gasteiger charge is -1.94. The Hall–Kier alpha value is -1.36. The number of aromatic hydroxyl groups is 1.